The molecular weight excluding hydrogens is 393 g/mol. The van der Waals surface area contributed by atoms with Crippen molar-refractivity contribution in [2.45, 2.75) is 37.6 Å². The summed E-state index contributed by atoms with van der Waals surface area (Å²) in [6.45, 7) is 4.24. The van der Waals surface area contributed by atoms with Gasteiger partial charge in [0.15, 0.2) is 0 Å². The molecule has 154 valence electrons. The average molecular weight is 418 g/mol. The molecule has 0 unspecified atom stereocenters. The minimum Gasteiger partial charge on any atom is -0.354 e. The summed E-state index contributed by atoms with van der Waals surface area (Å²) in [6.07, 6.45) is 1.27. The molecule has 0 spiro atoms. The van der Waals surface area contributed by atoms with Crippen LogP contribution in [0.4, 0.5) is 4.39 Å². The van der Waals surface area contributed by atoms with Crippen LogP contribution in [0.3, 0.4) is 0 Å². The predicted molar refractivity (Wildman–Crippen MR) is 110 cm³/mol. The van der Waals surface area contributed by atoms with E-state index in [0.29, 0.717) is 24.9 Å². The summed E-state index contributed by atoms with van der Waals surface area (Å²) in [5.74, 6) is -0.451. The summed E-state index contributed by atoms with van der Waals surface area (Å²) in [5.41, 5.74) is 1.38. The van der Waals surface area contributed by atoms with Crippen LogP contribution >= 0.6 is 0 Å². The van der Waals surface area contributed by atoms with Crippen LogP contribution in [0.2, 0.25) is 0 Å². The summed E-state index contributed by atoms with van der Waals surface area (Å²) >= 11 is 0. The van der Waals surface area contributed by atoms with Gasteiger partial charge in [0, 0.05) is 12.1 Å². The Hall–Kier alpha value is -2.74. The second-order valence-electron chi connectivity index (χ2n) is 7.08. The lowest BCUT2D eigenvalue weighted by atomic mass is 9.98. The topological polar surface area (TPSA) is 87.6 Å². The third-order valence-electron chi connectivity index (χ3n) is 5.01. The Kier molecular flexibility index (Phi) is 6.32. The largest absolute Gasteiger partial charge is 0.354 e. The first-order valence-corrected chi connectivity index (χ1v) is 11.0. The maximum absolute atomic E-state index is 13.0. The van der Waals surface area contributed by atoms with E-state index in [1.807, 2.05) is 13.8 Å². The van der Waals surface area contributed by atoms with Crippen molar-refractivity contribution in [2.24, 2.45) is 10.9 Å². The average Bonchev–Trinajstić information content (AvgIpc) is 2.97. The number of sulfonamides is 1. The monoisotopic (exact) mass is 417 g/mol. The van der Waals surface area contributed by atoms with Crippen molar-refractivity contribution in [3.63, 3.8) is 0 Å². The fraction of sp³-hybridized carbons (Fsp3) is 0.333. The van der Waals surface area contributed by atoms with E-state index in [9.17, 15) is 17.6 Å². The van der Waals surface area contributed by atoms with Crippen LogP contribution in [0.25, 0.3) is 0 Å². The zero-order valence-corrected chi connectivity index (χ0v) is 17.2. The van der Waals surface area contributed by atoms with Crippen LogP contribution < -0.4 is 10.0 Å². The molecule has 3 rings (SSSR count). The molecule has 1 aliphatic heterocycles. The molecule has 2 atom stereocenters. The molecule has 1 amide bonds. The van der Waals surface area contributed by atoms with Crippen LogP contribution in [0.15, 0.2) is 58.4 Å². The van der Waals surface area contributed by atoms with E-state index in [4.69, 9.17) is 0 Å². The number of halogens is 1. The highest BCUT2D eigenvalue weighted by Gasteiger charge is 2.32. The van der Waals surface area contributed by atoms with Gasteiger partial charge < -0.3 is 5.32 Å². The molecule has 2 aromatic rings. The Balaban J connectivity index is 1.75. The first-order chi connectivity index (χ1) is 13.8. The van der Waals surface area contributed by atoms with E-state index < -0.39 is 16.1 Å². The Morgan fingerprint density at radius 3 is 2.55 bits per heavy atom. The first kappa shape index (κ1) is 21.0. The fourth-order valence-electron chi connectivity index (χ4n) is 3.12. The molecule has 1 aliphatic rings. The number of nitrogens with zero attached hydrogens (tertiary/aromatic N) is 1. The normalized spacial score (nSPS) is 18.0. The number of carbonyl (C=O) groups excluding carboxylic acids is 1. The first-order valence-electron chi connectivity index (χ1n) is 9.54. The predicted octanol–water partition coefficient (Wildman–Crippen LogP) is 2.64. The van der Waals surface area contributed by atoms with E-state index in [1.165, 1.54) is 18.2 Å². The van der Waals surface area contributed by atoms with Crippen molar-refractivity contribution in [1.82, 2.24) is 10.0 Å². The van der Waals surface area contributed by atoms with Gasteiger partial charge in [-0.2, -0.15) is 0 Å². The lowest BCUT2D eigenvalue weighted by Crippen LogP contribution is -2.40. The number of amides is 1. The fourth-order valence-corrected chi connectivity index (χ4v) is 4.36. The third kappa shape index (κ3) is 4.82. The Morgan fingerprint density at radius 2 is 1.86 bits per heavy atom. The van der Waals surface area contributed by atoms with Crippen molar-refractivity contribution in [1.29, 1.82) is 0 Å². The molecule has 1 heterocycles. The number of rotatable bonds is 7. The number of amidine groups is 1. The number of hydrogen-bond acceptors (Lipinski definition) is 4. The molecule has 0 saturated heterocycles. The van der Waals surface area contributed by atoms with Gasteiger partial charge in [0.1, 0.15) is 17.7 Å². The second kappa shape index (κ2) is 8.73. The van der Waals surface area contributed by atoms with E-state index >= 15 is 0 Å². The minimum absolute atomic E-state index is 0.0782. The summed E-state index contributed by atoms with van der Waals surface area (Å²) in [5, 5.41) is 2.86. The zero-order valence-electron chi connectivity index (χ0n) is 16.4. The number of hydrogen-bond donors (Lipinski definition) is 2. The van der Waals surface area contributed by atoms with E-state index in [-0.39, 0.29) is 28.4 Å². The van der Waals surface area contributed by atoms with Gasteiger partial charge in [0.25, 0.3) is 10.0 Å². The molecule has 6 nitrogen and oxygen atoms in total. The highest BCUT2D eigenvalue weighted by Crippen LogP contribution is 2.24. The molecule has 29 heavy (non-hydrogen) atoms. The quantitative estimate of drug-likeness (QED) is 0.726. The van der Waals surface area contributed by atoms with Crippen LogP contribution in [-0.2, 0) is 21.2 Å². The molecular formula is C21H24FN3O3S. The number of carbonyl (C=O) groups is 1. The third-order valence-corrected chi connectivity index (χ3v) is 6.41. The smallest absolute Gasteiger partial charge is 0.263 e. The Labute approximate surface area is 170 Å². The molecule has 0 aromatic heterocycles. The Morgan fingerprint density at radius 1 is 1.17 bits per heavy atom. The van der Waals surface area contributed by atoms with Crippen molar-refractivity contribution >= 4 is 21.8 Å². The van der Waals surface area contributed by atoms with Gasteiger partial charge in [-0.3, -0.25) is 14.5 Å². The summed E-state index contributed by atoms with van der Waals surface area (Å²) in [6, 6.07) is 12.0. The zero-order chi connectivity index (χ0) is 21.0. The summed E-state index contributed by atoms with van der Waals surface area (Å²) in [4.78, 5) is 17.4. The minimum atomic E-state index is -3.66. The van der Waals surface area contributed by atoms with Crippen LogP contribution in [0.5, 0.6) is 0 Å². The van der Waals surface area contributed by atoms with Gasteiger partial charge >= 0.3 is 0 Å². The highest BCUT2D eigenvalue weighted by molar-refractivity contribution is 7.90. The molecule has 0 saturated carbocycles. The molecule has 0 bridgehead atoms. The van der Waals surface area contributed by atoms with Crippen LogP contribution in [0.1, 0.15) is 31.4 Å². The SMILES string of the molecule is CC[C@H](C)[C@H](N=C1NS(=O)(=O)c2ccccc21)C(=O)NCCc1ccc(F)cc1. The van der Waals surface area contributed by atoms with Crippen molar-refractivity contribution < 1.29 is 17.6 Å². The summed E-state index contributed by atoms with van der Waals surface area (Å²) < 4.78 is 40.0. The van der Waals surface area contributed by atoms with Crippen molar-refractivity contribution in [2.75, 3.05) is 6.54 Å². The van der Waals surface area contributed by atoms with Crippen LogP contribution in [-0.4, -0.2) is 32.7 Å². The van der Waals surface area contributed by atoms with Gasteiger partial charge in [0.2, 0.25) is 5.91 Å². The van der Waals surface area contributed by atoms with Gasteiger partial charge in [0.05, 0.1) is 4.90 Å². The van der Waals surface area contributed by atoms with Crippen molar-refractivity contribution in [3.8, 4) is 0 Å². The number of benzene rings is 2. The van der Waals surface area contributed by atoms with Crippen molar-refractivity contribution in [3.05, 3.63) is 65.5 Å². The van der Waals surface area contributed by atoms with E-state index in [0.717, 1.165) is 5.56 Å². The molecule has 0 fully saturated rings. The molecule has 2 aromatic carbocycles. The van der Waals surface area contributed by atoms with Gasteiger partial charge in [-0.15, -0.1) is 0 Å². The van der Waals surface area contributed by atoms with Gasteiger partial charge in [-0.05, 0) is 42.2 Å². The molecule has 2 N–H and O–H groups in total. The van der Waals surface area contributed by atoms with Crippen LogP contribution in [0, 0.1) is 11.7 Å². The number of fused-ring (bicyclic) bond motifs is 1. The molecule has 0 radical (unpaired) electrons. The maximum atomic E-state index is 13.0. The number of nitrogens with one attached hydrogen (secondary N) is 2. The van der Waals surface area contributed by atoms with Gasteiger partial charge in [-0.1, -0.05) is 44.5 Å². The molecule has 0 aliphatic carbocycles. The lowest BCUT2D eigenvalue weighted by Gasteiger charge is -2.19. The maximum Gasteiger partial charge on any atom is 0.263 e. The van der Waals surface area contributed by atoms with Gasteiger partial charge in [-0.25, -0.2) is 12.8 Å². The van der Waals surface area contributed by atoms with E-state index in [2.05, 4.69) is 15.0 Å². The lowest BCUT2D eigenvalue weighted by molar-refractivity contribution is -0.123. The number of aliphatic imine (C=N–C) groups is 1. The summed E-state index contributed by atoms with van der Waals surface area (Å²) in [7, 11) is -3.66. The highest BCUT2D eigenvalue weighted by atomic mass is 32.2. The van der Waals surface area contributed by atoms with E-state index in [1.54, 1.807) is 30.3 Å². The molecule has 8 heteroatoms. The standard InChI is InChI=1S/C21H24FN3O3S/c1-3-14(2)19(21(26)23-13-12-15-8-10-16(22)11-9-15)24-20-17-6-4-5-7-18(17)29(27,28)25-20/h4-11,14,19H,3,12-13H2,1-2H3,(H,23,26)(H,24,25)/t14-,19-/m0/s1. The Bertz CT molecular complexity index is 1020. The second-order valence-corrected chi connectivity index (χ2v) is 8.73.